The summed E-state index contributed by atoms with van der Waals surface area (Å²) in [6.07, 6.45) is 0.984. The van der Waals surface area contributed by atoms with Crippen LogP contribution in [0.1, 0.15) is 23.5 Å². The molecule has 0 spiro atoms. The highest BCUT2D eigenvalue weighted by atomic mass is 32.1. The van der Waals surface area contributed by atoms with Gasteiger partial charge in [-0.05, 0) is 26.3 Å². The molecule has 0 atom stereocenters. The van der Waals surface area contributed by atoms with E-state index in [4.69, 9.17) is 4.98 Å². The number of guanidine groups is 1. The van der Waals surface area contributed by atoms with Gasteiger partial charge in [-0.25, -0.2) is 4.98 Å². The van der Waals surface area contributed by atoms with Crippen molar-refractivity contribution in [3.63, 3.8) is 0 Å². The third-order valence-corrected chi connectivity index (χ3v) is 5.12. The van der Waals surface area contributed by atoms with Crippen LogP contribution >= 0.6 is 11.3 Å². The molecule has 0 bridgehead atoms. The van der Waals surface area contributed by atoms with E-state index in [2.05, 4.69) is 51.2 Å². The van der Waals surface area contributed by atoms with Gasteiger partial charge in [-0.3, -0.25) is 9.67 Å². The Morgan fingerprint density at radius 1 is 1.19 bits per heavy atom. The van der Waals surface area contributed by atoms with E-state index < -0.39 is 0 Å². The number of nitrogens with zero attached hydrogens (tertiary/aromatic N) is 4. The van der Waals surface area contributed by atoms with E-state index in [1.165, 1.54) is 5.69 Å². The fourth-order valence-corrected chi connectivity index (χ4v) is 3.66. The molecule has 0 aliphatic rings. The summed E-state index contributed by atoms with van der Waals surface area (Å²) < 4.78 is 2.05. The second-order valence-electron chi connectivity index (χ2n) is 6.37. The van der Waals surface area contributed by atoms with Crippen molar-refractivity contribution in [3.05, 3.63) is 58.9 Å². The summed E-state index contributed by atoms with van der Waals surface area (Å²) in [5.74, 6) is 0.789. The van der Waals surface area contributed by atoms with Crippen molar-refractivity contribution in [2.24, 2.45) is 4.99 Å². The molecule has 2 aromatic heterocycles. The zero-order valence-electron chi connectivity index (χ0n) is 16.1. The second-order valence-corrected chi connectivity index (χ2v) is 7.22. The number of aryl methyl sites for hydroxylation is 3. The fourth-order valence-electron chi connectivity index (χ4n) is 2.83. The van der Waals surface area contributed by atoms with Crippen LogP contribution in [0.25, 0.3) is 10.6 Å². The molecule has 0 amide bonds. The van der Waals surface area contributed by atoms with Gasteiger partial charge in [-0.15, -0.1) is 11.3 Å². The third-order valence-electron chi connectivity index (χ3n) is 4.18. The molecule has 0 fully saturated rings. The number of nitrogens with one attached hydrogen (secondary N) is 2. The van der Waals surface area contributed by atoms with Gasteiger partial charge in [0, 0.05) is 36.8 Å². The minimum absolute atomic E-state index is 0.653. The topological polar surface area (TPSA) is 67.1 Å². The molecule has 2 heterocycles. The summed E-state index contributed by atoms with van der Waals surface area (Å²) in [6, 6.07) is 12.4. The fraction of sp³-hybridized carbons (Fsp3) is 0.350. The number of hydrogen-bond donors (Lipinski definition) is 2. The molecule has 6 nitrogen and oxygen atoms in total. The molecular formula is C20H26N6S. The van der Waals surface area contributed by atoms with Gasteiger partial charge in [-0.2, -0.15) is 5.10 Å². The number of rotatable bonds is 7. The van der Waals surface area contributed by atoms with Gasteiger partial charge in [-0.1, -0.05) is 30.3 Å². The SMILES string of the molecule is CN=C(NCCCn1nc(C)cc1C)NCc1csc(-c2ccccc2)n1. The molecular weight excluding hydrogens is 356 g/mol. The first-order chi connectivity index (χ1) is 13.2. The van der Waals surface area contributed by atoms with Crippen molar-refractivity contribution in [2.75, 3.05) is 13.6 Å². The minimum atomic E-state index is 0.653. The van der Waals surface area contributed by atoms with Gasteiger partial charge >= 0.3 is 0 Å². The van der Waals surface area contributed by atoms with E-state index in [1.54, 1.807) is 18.4 Å². The average molecular weight is 383 g/mol. The van der Waals surface area contributed by atoms with Crippen molar-refractivity contribution in [1.29, 1.82) is 0 Å². The summed E-state index contributed by atoms with van der Waals surface area (Å²) in [6.45, 7) is 6.50. The van der Waals surface area contributed by atoms with Gasteiger partial charge in [0.25, 0.3) is 0 Å². The van der Waals surface area contributed by atoms with Crippen LogP contribution < -0.4 is 10.6 Å². The van der Waals surface area contributed by atoms with Crippen LogP contribution in [-0.4, -0.2) is 34.3 Å². The lowest BCUT2D eigenvalue weighted by atomic mass is 10.2. The zero-order valence-corrected chi connectivity index (χ0v) is 16.9. The maximum atomic E-state index is 4.70. The maximum Gasteiger partial charge on any atom is 0.191 e. The van der Waals surface area contributed by atoms with Crippen LogP contribution in [0.2, 0.25) is 0 Å². The molecule has 0 saturated heterocycles. The molecule has 3 rings (SSSR count). The molecule has 0 aliphatic heterocycles. The first-order valence-electron chi connectivity index (χ1n) is 9.11. The van der Waals surface area contributed by atoms with Gasteiger partial charge in [0.1, 0.15) is 5.01 Å². The van der Waals surface area contributed by atoms with E-state index in [0.717, 1.165) is 47.4 Å². The predicted molar refractivity (Wildman–Crippen MR) is 112 cm³/mol. The molecule has 0 unspecified atom stereocenters. The van der Waals surface area contributed by atoms with E-state index in [0.29, 0.717) is 6.54 Å². The Kier molecular flexibility index (Phi) is 6.59. The maximum absolute atomic E-state index is 4.70. The molecule has 1 aromatic carbocycles. The molecule has 27 heavy (non-hydrogen) atoms. The predicted octanol–water partition coefficient (Wildman–Crippen LogP) is 3.38. The minimum Gasteiger partial charge on any atom is -0.356 e. The Bertz CT molecular complexity index is 881. The number of thiazole rings is 1. The lowest BCUT2D eigenvalue weighted by molar-refractivity contribution is 0.555. The van der Waals surface area contributed by atoms with Crippen molar-refractivity contribution in [3.8, 4) is 10.6 Å². The molecule has 3 aromatic rings. The lowest BCUT2D eigenvalue weighted by Crippen LogP contribution is -2.37. The van der Waals surface area contributed by atoms with Crippen LogP contribution in [-0.2, 0) is 13.1 Å². The number of hydrogen-bond acceptors (Lipinski definition) is 4. The van der Waals surface area contributed by atoms with Crippen molar-refractivity contribution < 1.29 is 0 Å². The summed E-state index contributed by atoms with van der Waals surface area (Å²) in [5.41, 5.74) is 4.44. The zero-order chi connectivity index (χ0) is 19.1. The van der Waals surface area contributed by atoms with Crippen LogP contribution in [0.4, 0.5) is 0 Å². The van der Waals surface area contributed by atoms with Crippen LogP contribution in [0.5, 0.6) is 0 Å². The first-order valence-corrected chi connectivity index (χ1v) is 9.99. The van der Waals surface area contributed by atoms with Crippen molar-refractivity contribution in [1.82, 2.24) is 25.4 Å². The highest BCUT2D eigenvalue weighted by molar-refractivity contribution is 7.13. The lowest BCUT2D eigenvalue weighted by Gasteiger charge is -2.11. The van der Waals surface area contributed by atoms with Gasteiger partial charge in [0.05, 0.1) is 17.9 Å². The quantitative estimate of drug-likeness (QED) is 0.373. The normalized spacial score (nSPS) is 11.6. The largest absolute Gasteiger partial charge is 0.356 e. The Balaban J connectivity index is 1.43. The van der Waals surface area contributed by atoms with Gasteiger partial charge in [0.2, 0.25) is 0 Å². The third kappa shape index (κ3) is 5.40. The van der Waals surface area contributed by atoms with E-state index in [-0.39, 0.29) is 0 Å². The Morgan fingerprint density at radius 3 is 2.70 bits per heavy atom. The highest BCUT2D eigenvalue weighted by Crippen LogP contribution is 2.23. The summed E-state index contributed by atoms with van der Waals surface area (Å²) in [5, 5.41) is 14.3. The monoisotopic (exact) mass is 382 g/mol. The molecule has 0 aliphatic carbocycles. The smallest absolute Gasteiger partial charge is 0.191 e. The molecule has 142 valence electrons. The van der Waals surface area contributed by atoms with E-state index in [1.807, 2.05) is 29.8 Å². The summed E-state index contributed by atoms with van der Waals surface area (Å²) >= 11 is 1.66. The molecule has 0 radical (unpaired) electrons. The van der Waals surface area contributed by atoms with E-state index >= 15 is 0 Å². The van der Waals surface area contributed by atoms with Crippen molar-refractivity contribution in [2.45, 2.75) is 33.4 Å². The number of aliphatic imine (C=N–C) groups is 1. The average Bonchev–Trinajstić information content (AvgIpc) is 3.28. The molecule has 7 heteroatoms. The summed E-state index contributed by atoms with van der Waals surface area (Å²) in [4.78, 5) is 8.98. The van der Waals surface area contributed by atoms with Crippen LogP contribution in [0.3, 0.4) is 0 Å². The summed E-state index contributed by atoms with van der Waals surface area (Å²) in [7, 11) is 1.78. The Morgan fingerprint density at radius 2 is 2.00 bits per heavy atom. The molecule has 2 N–H and O–H groups in total. The second kappa shape index (κ2) is 9.32. The number of benzene rings is 1. The van der Waals surface area contributed by atoms with Crippen molar-refractivity contribution >= 4 is 17.3 Å². The van der Waals surface area contributed by atoms with Crippen LogP contribution in [0.15, 0.2) is 46.8 Å². The first kappa shape index (κ1) is 19.1. The standard InChI is InChI=1S/C20H26N6S/c1-15-12-16(2)26(25-15)11-7-10-22-20(21-3)23-13-18-14-27-19(24-18)17-8-5-4-6-9-17/h4-6,8-9,12,14H,7,10-11,13H2,1-3H3,(H2,21,22,23). The van der Waals surface area contributed by atoms with Crippen LogP contribution in [0, 0.1) is 13.8 Å². The molecule has 0 saturated carbocycles. The highest BCUT2D eigenvalue weighted by Gasteiger charge is 2.05. The van der Waals surface area contributed by atoms with E-state index in [9.17, 15) is 0 Å². The Hall–Kier alpha value is -2.67. The Labute approximate surface area is 164 Å². The number of aromatic nitrogens is 3. The van der Waals surface area contributed by atoms with Gasteiger partial charge in [0.15, 0.2) is 5.96 Å². The van der Waals surface area contributed by atoms with Gasteiger partial charge < -0.3 is 10.6 Å².